The number of ether oxygens (including phenoxy) is 1. The van der Waals surface area contributed by atoms with E-state index in [4.69, 9.17) is 4.74 Å². The highest BCUT2D eigenvalue weighted by Gasteiger charge is 2.30. The zero-order valence-corrected chi connectivity index (χ0v) is 17.5. The molecule has 1 aliphatic heterocycles. The van der Waals surface area contributed by atoms with E-state index in [1.165, 1.54) is 17.0 Å². The van der Waals surface area contributed by atoms with E-state index in [9.17, 15) is 18.4 Å². The minimum Gasteiger partial charge on any atom is -0.480 e. The van der Waals surface area contributed by atoms with Gasteiger partial charge in [-0.1, -0.05) is 19.8 Å². The number of carbonyl (C=O) groups is 2. The molecule has 2 aromatic rings. The van der Waals surface area contributed by atoms with Crippen molar-refractivity contribution in [2.75, 3.05) is 5.32 Å². The summed E-state index contributed by atoms with van der Waals surface area (Å²) in [4.78, 5) is 27.0. The highest BCUT2D eigenvalue weighted by molar-refractivity contribution is 5.93. The van der Waals surface area contributed by atoms with E-state index >= 15 is 0 Å². The fraction of sp³-hybridized carbons (Fsp3) is 0.417. The molecule has 4 rings (SSSR count). The normalized spacial score (nSPS) is 19.0. The van der Waals surface area contributed by atoms with Crippen LogP contribution in [0.1, 0.15) is 50.2 Å². The van der Waals surface area contributed by atoms with Gasteiger partial charge in [0.1, 0.15) is 17.4 Å². The zero-order valence-electron chi connectivity index (χ0n) is 17.5. The molecule has 2 aliphatic rings. The summed E-state index contributed by atoms with van der Waals surface area (Å²) in [5, 5.41) is 2.97. The predicted octanol–water partition coefficient (Wildman–Crippen LogP) is 4.79. The fourth-order valence-electron chi connectivity index (χ4n) is 4.33. The third-order valence-corrected chi connectivity index (χ3v) is 5.94. The van der Waals surface area contributed by atoms with Crippen molar-refractivity contribution in [3.8, 4) is 5.75 Å². The van der Waals surface area contributed by atoms with Gasteiger partial charge in [0.15, 0.2) is 6.10 Å². The summed E-state index contributed by atoms with van der Waals surface area (Å²) in [6.45, 7) is 2.13. The SMILES string of the molecule is CCC1Oc2ccc(NC(=O)C3CCCC3)cc2CN(Cc2cc(F)cc(F)c2)C1=O. The highest BCUT2D eigenvalue weighted by Crippen LogP contribution is 2.31. The van der Waals surface area contributed by atoms with Crippen LogP contribution in [0, 0.1) is 17.6 Å². The van der Waals surface area contributed by atoms with Gasteiger partial charge in [-0.3, -0.25) is 9.59 Å². The third kappa shape index (κ3) is 4.86. The topological polar surface area (TPSA) is 58.6 Å². The molecule has 0 bridgehead atoms. The second kappa shape index (κ2) is 9.04. The van der Waals surface area contributed by atoms with Crippen LogP contribution in [0.5, 0.6) is 5.75 Å². The van der Waals surface area contributed by atoms with E-state index in [-0.39, 0.29) is 30.8 Å². The second-order valence-corrected chi connectivity index (χ2v) is 8.28. The first-order chi connectivity index (χ1) is 14.9. The first kappa shape index (κ1) is 21.3. The number of rotatable bonds is 5. The summed E-state index contributed by atoms with van der Waals surface area (Å²) in [5.41, 5.74) is 1.76. The Bertz CT molecular complexity index is 969. The van der Waals surface area contributed by atoms with Crippen LogP contribution >= 0.6 is 0 Å². The minimum absolute atomic E-state index is 0.0154. The van der Waals surface area contributed by atoms with Gasteiger partial charge in [-0.2, -0.15) is 0 Å². The van der Waals surface area contributed by atoms with Crippen molar-refractivity contribution in [3.63, 3.8) is 0 Å². The number of carbonyl (C=O) groups excluding carboxylic acids is 2. The molecule has 2 amide bonds. The van der Waals surface area contributed by atoms with Gasteiger partial charge in [-0.05, 0) is 55.2 Å². The number of hydrogen-bond acceptors (Lipinski definition) is 3. The van der Waals surface area contributed by atoms with Crippen LogP contribution in [0.15, 0.2) is 36.4 Å². The van der Waals surface area contributed by atoms with Gasteiger partial charge in [0.2, 0.25) is 5.91 Å². The smallest absolute Gasteiger partial charge is 0.264 e. The maximum Gasteiger partial charge on any atom is 0.264 e. The maximum atomic E-state index is 13.6. The molecule has 0 radical (unpaired) electrons. The van der Waals surface area contributed by atoms with Crippen LogP contribution in [0.2, 0.25) is 0 Å². The van der Waals surface area contributed by atoms with Crippen LogP contribution in [-0.2, 0) is 22.7 Å². The zero-order chi connectivity index (χ0) is 22.0. The van der Waals surface area contributed by atoms with Gasteiger partial charge >= 0.3 is 0 Å². The van der Waals surface area contributed by atoms with Gasteiger partial charge in [0, 0.05) is 36.3 Å². The van der Waals surface area contributed by atoms with Crippen LogP contribution in [-0.4, -0.2) is 22.8 Å². The monoisotopic (exact) mass is 428 g/mol. The molecule has 1 saturated carbocycles. The number of fused-ring (bicyclic) bond motifs is 1. The molecule has 1 fully saturated rings. The van der Waals surface area contributed by atoms with E-state index in [0.717, 1.165) is 37.3 Å². The molecule has 0 spiro atoms. The molecular formula is C24H26F2N2O3. The Hall–Kier alpha value is -2.96. The van der Waals surface area contributed by atoms with Crippen LogP contribution < -0.4 is 10.1 Å². The molecule has 1 N–H and O–H groups in total. The maximum absolute atomic E-state index is 13.6. The average molecular weight is 428 g/mol. The van der Waals surface area contributed by atoms with Crippen molar-refractivity contribution in [1.29, 1.82) is 0 Å². The van der Waals surface area contributed by atoms with Crippen molar-refractivity contribution in [1.82, 2.24) is 4.90 Å². The minimum atomic E-state index is -0.683. The highest BCUT2D eigenvalue weighted by atomic mass is 19.1. The van der Waals surface area contributed by atoms with Crippen molar-refractivity contribution >= 4 is 17.5 Å². The Morgan fingerprint density at radius 3 is 2.52 bits per heavy atom. The van der Waals surface area contributed by atoms with E-state index in [2.05, 4.69) is 5.32 Å². The molecule has 31 heavy (non-hydrogen) atoms. The Balaban J connectivity index is 1.58. The van der Waals surface area contributed by atoms with Gasteiger partial charge < -0.3 is 15.0 Å². The molecule has 5 nitrogen and oxygen atoms in total. The van der Waals surface area contributed by atoms with Crippen molar-refractivity contribution in [3.05, 3.63) is 59.2 Å². The van der Waals surface area contributed by atoms with Crippen molar-refractivity contribution < 1.29 is 23.1 Å². The molecule has 0 saturated heterocycles. The molecule has 164 valence electrons. The molecule has 0 aromatic heterocycles. The molecular weight excluding hydrogens is 402 g/mol. The van der Waals surface area contributed by atoms with Crippen LogP contribution in [0.25, 0.3) is 0 Å². The number of halogens is 2. The van der Waals surface area contributed by atoms with Crippen molar-refractivity contribution in [2.24, 2.45) is 5.92 Å². The lowest BCUT2D eigenvalue weighted by molar-refractivity contribution is -0.139. The largest absolute Gasteiger partial charge is 0.480 e. The Morgan fingerprint density at radius 2 is 1.84 bits per heavy atom. The first-order valence-corrected chi connectivity index (χ1v) is 10.8. The quantitative estimate of drug-likeness (QED) is 0.745. The number of nitrogens with one attached hydrogen (secondary N) is 1. The van der Waals surface area contributed by atoms with Crippen LogP contribution in [0.4, 0.5) is 14.5 Å². The van der Waals surface area contributed by atoms with Gasteiger partial charge in [-0.15, -0.1) is 0 Å². The van der Waals surface area contributed by atoms with E-state index in [1.807, 2.05) is 13.0 Å². The van der Waals surface area contributed by atoms with E-state index < -0.39 is 17.7 Å². The molecule has 7 heteroatoms. The van der Waals surface area contributed by atoms with Crippen LogP contribution in [0.3, 0.4) is 0 Å². The summed E-state index contributed by atoms with van der Waals surface area (Å²) in [6, 6.07) is 8.61. The molecule has 1 aliphatic carbocycles. The Kier molecular flexibility index (Phi) is 6.20. The second-order valence-electron chi connectivity index (χ2n) is 8.28. The van der Waals surface area contributed by atoms with E-state index in [0.29, 0.717) is 23.4 Å². The summed E-state index contributed by atoms with van der Waals surface area (Å²) in [7, 11) is 0. The first-order valence-electron chi connectivity index (χ1n) is 10.8. The Labute approximate surface area is 180 Å². The molecule has 1 heterocycles. The van der Waals surface area contributed by atoms with Gasteiger partial charge in [0.25, 0.3) is 5.91 Å². The number of anilines is 1. The van der Waals surface area contributed by atoms with Gasteiger partial charge in [-0.25, -0.2) is 8.78 Å². The number of benzene rings is 2. The average Bonchev–Trinajstić information content (AvgIpc) is 3.22. The number of hydrogen-bond donors (Lipinski definition) is 1. The third-order valence-electron chi connectivity index (χ3n) is 5.94. The lowest BCUT2D eigenvalue weighted by Gasteiger charge is -2.23. The molecule has 2 aromatic carbocycles. The van der Waals surface area contributed by atoms with E-state index in [1.54, 1.807) is 12.1 Å². The van der Waals surface area contributed by atoms with Gasteiger partial charge in [0.05, 0.1) is 0 Å². The van der Waals surface area contributed by atoms with Crippen molar-refractivity contribution in [2.45, 2.75) is 58.2 Å². The lowest BCUT2D eigenvalue weighted by Crippen LogP contribution is -2.38. The molecule has 1 unspecified atom stereocenters. The molecule has 1 atom stereocenters. The summed E-state index contributed by atoms with van der Waals surface area (Å²) < 4.78 is 33.2. The fourth-order valence-corrected chi connectivity index (χ4v) is 4.33. The lowest BCUT2D eigenvalue weighted by atomic mass is 10.1. The Morgan fingerprint density at radius 1 is 1.13 bits per heavy atom. The summed E-state index contributed by atoms with van der Waals surface area (Å²) in [6.07, 6.45) is 3.75. The summed E-state index contributed by atoms with van der Waals surface area (Å²) >= 11 is 0. The standard InChI is InChI=1S/C24H26F2N2O3/c1-2-21-24(30)28(13-15-9-18(25)12-19(26)10-15)14-17-11-20(7-8-22(17)31-21)27-23(29)16-5-3-4-6-16/h7-12,16,21H,2-6,13-14H2,1H3,(H,27,29). The predicted molar refractivity (Wildman–Crippen MR) is 112 cm³/mol. The number of nitrogens with zero attached hydrogens (tertiary/aromatic N) is 1. The number of amides is 2. The summed E-state index contributed by atoms with van der Waals surface area (Å²) in [5.74, 6) is -0.968.